The maximum Gasteiger partial charge on any atom is 0.218 e. The molecule has 2 atom stereocenters. The first-order valence-electron chi connectivity index (χ1n) is 6.69. The Labute approximate surface area is 115 Å². The molecule has 19 heavy (non-hydrogen) atoms. The van der Waals surface area contributed by atoms with Crippen LogP contribution in [-0.4, -0.2) is 37.0 Å². The van der Waals surface area contributed by atoms with Crippen LogP contribution in [-0.2, 0) is 15.8 Å². The van der Waals surface area contributed by atoms with Crippen LogP contribution in [0.2, 0.25) is 0 Å². The van der Waals surface area contributed by atoms with E-state index >= 15 is 0 Å². The van der Waals surface area contributed by atoms with Gasteiger partial charge in [0.05, 0.1) is 18.4 Å². The third kappa shape index (κ3) is 3.35. The number of hydrogen-bond donors (Lipinski definition) is 1. The molecule has 1 N–H and O–H groups in total. The van der Waals surface area contributed by atoms with Crippen molar-refractivity contribution in [3.8, 4) is 0 Å². The number of piperidine rings is 1. The van der Waals surface area contributed by atoms with Gasteiger partial charge < -0.3 is 5.11 Å². The van der Waals surface area contributed by atoms with Gasteiger partial charge in [-0.3, -0.25) is 0 Å². The van der Waals surface area contributed by atoms with Gasteiger partial charge in [-0.25, -0.2) is 8.42 Å². The van der Waals surface area contributed by atoms with Gasteiger partial charge in [-0.05, 0) is 24.3 Å². The van der Waals surface area contributed by atoms with Crippen LogP contribution in [0.15, 0.2) is 30.3 Å². The van der Waals surface area contributed by atoms with Gasteiger partial charge in [0, 0.05) is 6.54 Å². The highest BCUT2D eigenvalue weighted by Gasteiger charge is 2.35. The third-order valence-corrected chi connectivity index (χ3v) is 5.67. The van der Waals surface area contributed by atoms with Gasteiger partial charge in [0.2, 0.25) is 10.0 Å². The fraction of sp³-hybridized carbons (Fsp3) is 0.571. The zero-order chi connectivity index (χ0) is 13.9. The summed E-state index contributed by atoms with van der Waals surface area (Å²) in [5.74, 6) is 0.223. The first-order chi connectivity index (χ1) is 9.04. The summed E-state index contributed by atoms with van der Waals surface area (Å²) in [6.07, 6.45) is 1.84. The third-order valence-electron chi connectivity index (χ3n) is 3.80. The Bertz CT molecular complexity index is 501. The molecule has 1 saturated heterocycles. The molecule has 0 bridgehead atoms. The van der Waals surface area contributed by atoms with Crippen LogP contribution in [0.1, 0.15) is 25.3 Å². The average Bonchev–Trinajstić information content (AvgIpc) is 2.39. The second-order valence-electron chi connectivity index (χ2n) is 5.22. The van der Waals surface area contributed by atoms with Crippen molar-refractivity contribution in [2.75, 3.05) is 13.2 Å². The molecular formula is C14H21NO3S. The number of aliphatic hydroxyl groups excluding tert-OH is 1. The fourth-order valence-electron chi connectivity index (χ4n) is 2.70. The molecule has 5 heteroatoms. The predicted molar refractivity (Wildman–Crippen MR) is 75.0 cm³/mol. The van der Waals surface area contributed by atoms with Crippen molar-refractivity contribution in [3.63, 3.8) is 0 Å². The van der Waals surface area contributed by atoms with Crippen LogP contribution >= 0.6 is 0 Å². The lowest BCUT2D eigenvalue weighted by atomic mass is 9.93. The van der Waals surface area contributed by atoms with Crippen molar-refractivity contribution >= 4 is 10.0 Å². The largest absolute Gasteiger partial charge is 0.395 e. The maximum atomic E-state index is 12.5. The summed E-state index contributed by atoms with van der Waals surface area (Å²) in [6, 6.07) is 8.91. The number of rotatable bonds is 4. The van der Waals surface area contributed by atoms with Gasteiger partial charge in [-0.15, -0.1) is 0 Å². The molecule has 106 valence electrons. The van der Waals surface area contributed by atoms with Crippen LogP contribution in [0.4, 0.5) is 0 Å². The summed E-state index contributed by atoms with van der Waals surface area (Å²) < 4.78 is 26.5. The molecule has 2 unspecified atom stereocenters. The molecule has 0 spiro atoms. The Morgan fingerprint density at radius 3 is 2.63 bits per heavy atom. The van der Waals surface area contributed by atoms with Gasteiger partial charge in [-0.2, -0.15) is 4.31 Å². The van der Waals surface area contributed by atoms with Crippen molar-refractivity contribution in [1.82, 2.24) is 4.31 Å². The van der Waals surface area contributed by atoms with E-state index in [1.165, 1.54) is 4.31 Å². The lowest BCUT2D eigenvalue weighted by Gasteiger charge is -2.37. The number of nitrogens with zero attached hydrogens (tertiary/aromatic N) is 1. The van der Waals surface area contributed by atoms with Crippen LogP contribution in [0.25, 0.3) is 0 Å². The Balaban J connectivity index is 2.18. The molecule has 4 nitrogen and oxygen atoms in total. The Morgan fingerprint density at radius 2 is 2.00 bits per heavy atom. The molecule has 1 aromatic carbocycles. The molecule has 0 saturated carbocycles. The molecule has 0 aliphatic carbocycles. The van der Waals surface area contributed by atoms with E-state index in [4.69, 9.17) is 0 Å². The Kier molecular flexibility index (Phi) is 4.60. The van der Waals surface area contributed by atoms with Crippen molar-refractivity contribution in [1.29, 1.82) is 0 Å². The standard InChI is InChI=1S/C14H21NO3S/c1-12-6-5-9-15(14(12)10-16)19(17,18)11-13-7-3-2-4-8-13/h2-4,7-8,12,14,16H,5-6,9-11H2,1H3. The van der Waals surface area contributed by atoms with E-state index in [0.717, 1.165) is 18.4 Å². The van der Waals surface area contributed by atoms with E-state index in [1.807, 2.05) is 37.3 Å². The second-order valence-corrected chi connectivity index (χ2v) is 7.14. The van der Waals surface area contributed by atoms with E-state index in [0.29, 0.717) is 6.54 Å². The Hall–Kier alpha value is -0.910. The van der Waals surface area contributed by atoms with E-state index < -0.39 is 10.0 Å². The highest BCUT2D eigenvalue weighted by molar-refractivity contribution is 7.88. The number of benzene rings is 1. The minimum Gasteiger partial charge on any atom is -0.395 e. The maximum absolute atomic E-state index is 12.5. The lowest BCUT2D eigenvalue weighted by Crippen LogP contribution is -2.49. The first kappa shape index (κ1) is 14.5. The number of hydrogen-bond acceptors (Lipinski definition) is 3. The zero-order valence-electron chi connectivity index (χ0n) is 11.2. The summed E-state index contributed by atoms with van der Waals surface area (Å²) in [4.78, 5) is 0. The summed E-state index contributed by atoms with van der Waals surface area (Å²) in [7, 11) is -3.36. The molecule has 2 rings (SSSR count). The average molecular weight is 283 g/mol. The van der Waals surface area contributed by atoms with Crippen molar-refractivity contribution in [3.05, 3.63) is 35.9 Å². The monoisotopic (exact) mass is 283 g/mol. The zero-order valence-corrected chi connectivity index (χ0v) is 12.0. The van der Waals surface area contributed by atoms with E-state index in [-0.39, 0.29) is 24.3 Å². The predicted octanol–water partition coefficient (Wildman–Crippen LogP) is 1.61. The van der Waals surface area contributed by atoms with Gasteiger partial charge in [0.25, 0.3) is 0 Å². The number of sulfonamides is 1. The minimum absolute atomic E-state index is 0.0110. The summed E-state index contributed by atoms with van der Waals surface area (Å²) in [6.45, 7) is 2.42. The van der Waals surface area contributed by atoms with E-state index in [2.05, 4.69) is 0 Å². The fourth-order valence-corrected chi connectivity index (χ4v) is 4.57. The SMILES string of the molecule is CC1CCCN(S(=O)(=O)Cc2ccccc2)C1CO. The molecule has 0 aromatic heterocycles. The highest BCUT2D eigenvalue weighted by Crippen LogP contribution is 2.27. The molecule has 0 amide bonds. The van der Waals surface area contributed by atoms with Crippen molar-refractivity contribution < 1.29 is 13.5 Å². The number of aliphatic hydroxyl groups is 1. The van der Waals surface area contributed by atoms with Gasteiger partial charge in [0.1, 0.15) is 0 Å². The second kappa shape index (κ2) is 6.03. The van der Waals surface area contributed by atoms with Crippen molar-refractivity contribution in [2.45, 2.75) is 31.6 Å². The normalized spacial score (nSPS) is 25.4. The minimum atomic E-state index is -3.36. The first-order valence-corrected chi connectivity index (χ1v) is 8.30. The van der Waals surface area contributed by atoms with Crippen molar-refractivity contribution in [2.24, 2.45) is 5.92 Å². The van der Waals surface area contributed by atoms with Gasteiger partial charge in [-0.1, -0.05) is 37.3 Å². The highest BCUT2D eigenvalue weighted by atomic mass is 32.2. The molecule has 1 aliphatic rings. The van der Waals surface area contributed by atoms with E-state index in [1.54, 1.807) is 0 Å². The summed E-state index contributed by atoms with van der Waals surface area (Å²) in [5, 5.41) is 9.46. The molecule has 1 aliphatic heterocycles. The molecule has 1 heterocycles. The summed E-state index contributed by atoms with van der Waals surface area (Å²) >= 11 is 0. The molecule has 1 aromatic rings. The summed E-state index contributed by atoms with van der Waals surface area (Å²) in [5.41, 5.74) is 0.789. The lowest BCUT2D eigenvalue weighted by molar-refractivity contribution is 0.113. The topological polar surface area (TPSA) is 57.6 Å². The quantitative estimate of drug-likeness (QED) is 0.913. The molecule has 1 fully saturated rings. The molecule has 0 radical (unpaired) electrons. The smallest absolute Gasteiger partial charge is 0.218 e. The van der Waals surface area contributed by atoms with Crippen LogP contribution < -0.4 is 0 Å². The van der Waals surface area contributed by atoms with Crippen LogP contribution in [0.3, 0.4) is 0 Å². The van der Waals surface area contributed by atoms with Gasteiger partial charge >= 0.3 is 0 Å². The Morgan fingerprint density at radius 1 is 1.32 bits per heavy atom. The molecular weight excluding hydrogens is 262 g/mol. The van der Waals surface area contributed by atoms with Crippen LogP contribution in [0, 0.1) is 5.92 Å². The van der Waals surface area contributed by atoms with Crippen LogP contribution in [0.5, 0.6) is 0 Å². The van der Waals surface area contributed by atoms with E-state index in [9.17, 15) is 13.5 Å². The van der Waals surface area contributed by atoms with Gasteiger partial charge in [0.15, 0.2) is 0 Å².